The van der Waals surface area contributed by atoms with E-state index in [0.717, 1.165) is 6.54 Å². The summed E-state index contributed by atoms with van der Waals surface area (Å²) in [6.45, 7) is 7.13. The van der Waals surface area contributed by atoms with E-state index in [1.165, 1.54) is 45.3 Å². The second-order valence-corrected chi connectivity index (χ2v) is 5.22. The summed E-state index contributed by atoms with van der Waals surface area (Å²) in [6.07, 6.45) is 5.08. The summed E-state index contributed by atoms with van der Waals surface area (Å²) in [5.74, 6) is 1.18. The molecule has 2 rings (SSSR count). The van der Waals surface area contributed by atoms with Crippen molar-refractivity contribution in [2.24, 2.45) is 11.7 Å². The highest BCUT2D eigenvalue weighted by atomic mass is 16.4. The summed E-state index contributed by atoms with van der Waals surface area (Å²) < 4.78 is 5.33. The third-order valence-electron chi connectivity index (χ3n) is 3.72. The van der Waals surface area contributed by atoms with Crippen molar-refractivity contribution >= 4 is 6.01 Å². The number of likely N-dealkylation sites (tertiary alicyclic amines) is 1. The summed E-state index contributed by atoms with van der Waals surface area (Å²) in [5.41, 5.74) is 5.43. The van der Waals surface area contributed by atoms with E-state index in [0.29, 0.717) is 24.4 Å². The van der Waals surface area contributed by atoms with Crippen LogP contribution in [0.3, 0.4) is 0 Å². The van der Waals surface area contributed by atoms with Gasteiger partial charge in [-0.25, -0.2) is 0 Å². The molecule has 6 nitrogen and oxygen atoms in total. The minimum absolute atomic E-state index is 0.296. The Morgan fingerprint density at radius 2 is 2.16 bits per heavy atom. The third kappa shape index (κ3) is 4.47. The number of hydrogen-bond acceptors (Lipinski definition) is 6. The average Bonchev–Trinajstić information content (AvgIpc) is 2.92. The lowest BCUT2D eigenvalue weighted by Crippen LogP contribution is -2.36. The van der Waals surface area contributed by atoms with Crippen LogP contribution in [-0.4, -0.2) is 41.3 Å². The Morgan fingerprint density at radius 3 is 2.79 bits per heavy atom. The van der Waals surface area contributed by atoms with E-state index in [4.69, 9.17) is 10.2 Å². The van der Waals surface area contributed by atoms with E-state index < -0.39 is 0 Å². The van der Waals surface area contributed by atoms with Crippen LogP contribution in [0.25, 0.3) is 0 Å². The summed E-state index contributed by atoms with van der Waals surface area (Å²) in [7, 11) is 0. The normalized spacial score (nSPS) is 17.8. The standard InChI is InChI=1S/C13H25N5O/c1-2-3-6-18-7-4-11(5-8-18)10-15-13-17-16-12(9-14)19-13/h11H,2-10,14H2,1H3,(H,15,17). The van der Waals surface area contributed by atoms with Crippen LogP contribution in [0.4, 0.5) is 6.01 Å². The first kappa shape index (κ1) is 14.3. The zero-order valence-electron chi connectivity index (χ0n) is 11.8. The van der Waals surface area contributed by atoms with Crippen LogP contribution >= 0.6 is 0 Å². The third-order valence-corrected chi connectivity index (χ3v) is 3.72. The molecule has 0 atom stereocenters. The van der Waals surface area contributed by atoms with Gasteiger partial charge in [-0.15, -0.1) is 5.10 Å². The van der Waals surface area contributed by atoms with Gasteiger partial charge in [0.1, 0.15) is 0 Å². The minimum atomic E-state index is 0.296. The van der Waals surface area contributed by atoms with Gasteiger partial charge in [0.05, 0.1) is 6.54 Å². The fourth-order valence-corrected chi connectivity index (χ4v) is 2.44. The molecule has 0 aromatic carbocycles. The number of aromatic nitrogens is 2. The number of nitrogens with one attached hydrogen (secondary N) is 1. The van der Waals surface area contributed by atoms with Crippen LogP contribution in [0.15, 0.2) is 4.42 Å². The molecule has 0 unspecified atom stereocenters. The van der Waals surface area contributed by atoms with Crippen molar-refractivity contribution < 1.29 is 4.42 Å². The molecule has 1 aromatic rings. The zero-order valence-corrected chi connectivity index (χ0v) is 11.8. The van der Waals surface area contributed by atoms with Crippen LogP contribution < -0.4 is 11.1 Å². The molecular formula is C13H25N5O. The SMILES string of the molecule is CCCCN1CCC(CNc2nnc(CN)o2)CC1. The van der Waals surface area contributed by atoms with Gasteiger partial charge in [0, 0.05) is 6.54 Å². The van der Waals surface area contributed by atoms with Crippen LogP contribution in [0.5, 0.6) is 0 Å². The van der Waals surface area contributed by atoms with Gasteiger partial charge in [0.2, 0.25) is 5.89 Å². The Balaban J connectivity index is 1.65. The monoisotopic (exact) mass is 267 g/mol. The molecule has 0 radical (unpaired) electrons. The lowest BCUT2D eigenvalue weighted by atomic mass is 9.97. The lowest BCUT2D eigenvalue weighted by Gasteiger charge is -2.31. The summed E-state index contributed by atoms with van der Waals surface area (Å²) in [6, 6.07) is 0.494. The highest BCUT2D eigenvalue weighted by Crippen LogP contribution is 2.18. The Labute approximate surface area is 114 Å². The van der Waals surface area contributed by atoms with Crippen LogP contribution in [0.2, 0.25) is 0 Å². The molecule has 1 saturated heterocycles. The number of unbranched alkanes of at least 4 members (excludes halogenated alkanes) is 1. The first-order valence-corrected chi connectivity index (χ1v) is 7.30. The molecule has 19 heavy (non-hydrogen) atoms. The summed E-state index contributed by atoms with van der Waals surface area (Å²) >= 11 is 0. The first-order chi connectivity index (χ1) is 9.31. The maximum absolute atomic E-state index is 5.43. The summed E-state index contributed by atoms with van der Waals surface area (Å²) in [4.78, 5) is 2.57. The molecule has 2 heterocycles. The second-order valence-electron chi connectivity index (χ2n) is 5.22. The molecule has 1 aliphatic rings. The number of nitrogens with two attached hydrogens (primary N) is 1. The lowest BCUT2D eigenvalue weighted by molar-refractivity contribution is 0.187. The van der Waals surface area contributed by atoms with Crippen molar-refractivity contribution in [2.75, 3.05) is 31.5 Å². The van der Waals surface area contributed by atoms with Crippen LogP contribution in [-0.2, 0) is 6.54 Å². The van der Waals surface area contributed by atoms with E-state index in [1.807, 2.05) is 0 Å². The number of hydrogen-bond donors (Lipinski definition) is 2. The Kier molecular flexibility index (Phi) is 5.60. The molecule has 108 valence electrons. The van der Waals surface area contributed by atoms with E-state index in [9.17, 15) is 0 Å². The molecule has 0 spiro atoms. The van der Waals surface area contributed by atoms with Crippen molar-refractivity contribution in [3.05, 3.63) is 5.89 Å². The van der Waals surface area contributed by atoms with Crippen molar-refractivity contribution in [3.8, 4) is 0 Å². The predicted octanol–water partition coefficient (Wildman–Crippen LogP) is 1.45. The quantitative estimate of drug-likeness (QED) is 0.778. The zero-order chi connectivity index (χ0) is 13.5. The van der Waals surface area contributed by atoms with E-state index in [-0.39, 0.29) is 0 Å². The largest absolute Gasteiger partial charge is 0.407 e. The highest BCUT2D eigenvalue weighted by molar-refractivity contribution is 5.16. The summed E-state index contributed by atoms with van der Waals surface area (Å²) in [5, 5.41) is 11.0. The maximum Gasteiger partial charge on any atom is 0.315 e. The number of piperidine rings is 1. The minimum Gasteiger partial charge on any atom is -0.407 e. The van der Waals surface area contributed by atoms with Crippen molar-refractivity contribution in [1.29, 1.82) is 0 Å². The average molecular weight is 267 g/mol. The molecule has 0 saturated carbocycles. The van der Waals surface area contributed by atoms with Gasteiger partial charge in [-0.1, -0.05) is 18.4 Å². The number of anilines is 1. The van der Waals surface area contributed by atoms with Crippen LogP contribution in [0, 0.1) is 5.92 Å². The molecule has 6 heteroatoms. The molecule has 0 bridgehead atoms. The Bertz CT molecular complexity index is 360. The number of rotatable bonds is 7. The first-order valence-electron chi connectivity index (χ1n) is 7.30. The van der Waals surface area contributed by atoms with Gasteiger partial charge in [0.15, 0.2) is 0 Å². The van der Waals surface area contributed by atoms with E-state index in [1.54, 1.807) is 0 Å². The molecular weight excluding hydrogens is 242 g/mol. The smallest absolute Gasteiger partial charge is 0.315 e. The fraction of sp³-hybridized carbons (Fsp3) is 0.846. The Morgan fingerprint density at radius 1 is 1.37 bits per heavy atom. The molecule has 1 aliphatic heterocycles. The van der Waals surface area contributed by atoms with Gasteiger partial charge in [-0.05, 0) is 44.8 Å². The van der Waals surface area contributed by atoms with Gasteiger partial charge in [0.25, 0.3) is 0 Å². The molecule has 1 aromatic heterocycles. The van der Waals surface area contributed by atoms with E-state index >= 15 is 0 Å². The topological polar surface area (TPSA) is 80.2 Å². The van der Waals surface area contributed by atoms with Crippen LogP contribution in [0.1, 0.15) is 38.5 Å². The van der Waals surface area contributed by atoms with Crippen molar-refractivity contribution in [3.63, 3.8) is 0 Å². The predicted molar refractivity (Wildman–Crippen MR) is 74.8 cm³/mol. The second kappa shape index (κ2) is 7.45. The molecule has 0 amide bonds. The van der Waals surface area contributed by atoms with Crippen molar-refractivity contribution in [2.45, 2.75) is 39.2 Å². The maximum atomic E-state index is 5.43. The van der Waals surface area contributed by atoms with Gasteiger partial charge in [-0.2, -0.15) is 0 Å². The van der Waals surface area contributed by atoms with Gasteiger partial charge < -0.3 is 20.4 Å². The van der Waals surface area contributed by atoms with Crippen molar-refractivity contribution in [1.82, 2.24) is 15.1 Å². The van der Waals surface area contributed by atoms with Gasteiger partial charge >= 0.3 is 6.01 Å². The van der Waals surface area contributed by atoms with E-state index in [2.05, 4.69) is 27.3 Å². The number of nitrogens with zero attached hydrogens (tertiary/aromatic N) is 3. The molecule has 3 N–H and O–H groups in total. The van der Waals surface area contributed by atoms with Gasteiger partial charge in [-0.3, -0.25) is 0 Å². The fourth-order valence-electron chi connectivity index (χ4n) is 2.44. The Hall–Kier alpha value is -1.14. The molecule has 0 aliphatic carbocycles. The molecule has 1 fully saturated rings. The highest BCUT2D eigenvalue weighted by Gasteiger charge is 2.19.